The van der Waals surface area contributed by atoms with E-state index in [0.717, 1.165) is 53.9 Å². The van der Waals surface area contributed by atoms with Gasteiger partial charge >= 0.3 is 22.8 Å². The van der Waals surface area contributed by atoms with E-state index < -0.39 is 0 Å². The van der Waals surface area contributed by atoms with Gasteiger partial charge in [0.2, 0.25) is 6.08 Å². The third-order valence-corrected chi connectivity index (χ3v) is 13.0. The van der Waals surface area contributed by atoms with Gasteiger partial charge in [-0.25, -0.2) is 30.5 Å². The van der Waals surface area contributed by atoms with Crippen molar-refractivity contribution in [3.63, 3.8) is 0 Å². The fourth-order valence-electron chi connectivity index (χ4n) is 7.77. The minimum Gasteiger partial charge on any atom is -0.579 e. The Labute approximate surface area is 609 Å². The van der Waals surface area contributed by atoms with Gasteiger partial charge in [-0.05, 0) is 128 Å². The molecule has 37 heteroatoms. The summed E-state index contributed by atoms with van der Waals surface area (Å²) in [6.07, 6.45) is 11.9. The summed E-state index contributed by atoms with van der Waals surface area (Å²) in [6, 6.07) is 24.2. The van der Waals surface area contributed by atoms with Crippen LogP contribution in [0.1, 0.15) is 44.5 Å². The zero-order valence-electron chi connectivity index (χ0n) is 48.8. The van der Waals surface area contributed by atoms with Crippen molar-refractivity contribution in [2.24, 2.45) is 28.2 Å². The number of aryl methyl sites for hydroxylation is 8. The van der Waals surface area contributed by atoms with Crippen LogP contribution in [0.2, 0.25) is 0 Å². The van der Waals surface area contributed by atoms with E-state index in [9.17, 15) is 19.2 Å². The van der Waals surface area contributed by atoms with Gasteiger partial charge in [-0.15, -0.1) is 12.4 Å². The number of aromatic nitrogens is 23. The number of tetrazole rings is 4. The van der Waals surface area contributed by atoms with Gasteiger partial charge in [-0.1, -0.05) is 53.9 Å². The van der Waals surface area contributed by atoms with E-state index in [1.54, 1.807) is 64.0 Å². The molecule has 0 fully saturated rings. The van der Waals surface area contributed by atoms with Crippen LogP contribution in [0, 0.1) is 46.4 Å². The third kappa shape index (κ3) is 18.4. The number of hydrogen-bond donors (Lipinski definition) is 0. The van der Waals surface area contributed by atoms with Crippen molar-refractivity contribution < 1.29 is 154 Å². The Morgan fingerprint density at radius 2 is 0.910 bits per heavy atom. The summed E-state index contributed by atoms with van der Waals surface area (Å²) in [4.78, 5) is 67.0. The molecule has 0 bridgehead atoms. The molecule has 12 rings (SSSR count). The zero-order chi connectivity index (χ0) is 60.0. The fourth-order valence-corrected chi connectivity index (χ4v) is 8.21. The number of ether oxygens (including phenoxy) is 4. The molecule has 8 heterocycles. The fraction of sp³-hybridized carbons (Fsp3) is 0.231. The summed E-state index contributed by atoms with van der Waals surface area (Å²) < 4.78 is 36.8. The Bertz CT molecular complexity index is 4070. The Kier molecular flexibility index (Phi) is 28.5. The summed E-state index contributed by atoms with van der Waals surface area (Å²) in [5, 5.41) is 40.1. The quantitative estimate of drug-likeness (QED) is 0.124. The van der Waals surface area contributed by atoms with E-state index in [0.29, 0.717) is 40.4 Å². The molecular weight excluding hydrogens is 1480 g/mol. The van der Waals surface area contributed by atoms with Gasteiger partial charge < -0.3 is 58.5 Å². The Morgan fingerprint density at radius 1 is 0.494 bits per heavy atom. The number of nitrogens with zero attached hydrogens (tertiary/aromatic N) is 23. The maximum Gasteiger partial charge on any atom is 0.368 e. The Balaban J connectivity index is 0.000000213. The first-order valence-corrected chi connectivity index (χ1v) is 26.0. The van der Waals surface area contributed by atoms with Crippen molar-refractivity contribution in [2.45, 2.75) is 54.1 Å². The van der Waals surface area contributed by atoms with E-state index in [4.69, 9.17) is 23.4 Å². The molecule has 89 heavy (non-hydrogen) atoms. The molecule has 0 N–H and O–H groups in total. The first-order valence-electron chi connectivity index (χ1n) is 25.1. The first kappa shape index (κ1) is 72.8. The molecule has 0 amide bonds. The van der Waals surface area contributed by atoms with Crippen LogP contribution >= 0.6 is 11.3 Å². The third-order valence-electron chi connectivity index (χ3n) is 12.3. The van der Waals surface area contributed by atoms with Crippen LogP contribution in [0.3, 0.4) is 0 Å². The second-order valence-corrected chi connectivity index (χ2v) is 18.7. The number of oxazole rings is 1. The molecule has 448 valence electrons. The van der Waals surface area contributed by atoms with Gasteiger partial charge in [0.1, 0.15) is 18.4 Å². The number of thiazole rings is 1. The van der Waals surface area contributed by atoms with Crippen molar-refractivity contribution in [1.82, 2.24) is 114 Å². The van der Waals surface area contributed by atoms with Gasteiger partial charge in [0, 0.05) is 194 Å². The van der Waals surface area contributed by atoms with Gasteiger partial charge in [-0.2, -0.15) is 43.7 Å². The predicted molar refractivity (Wildman–Crippen MR) is 295 cm³/mol. The molecule has 0 aliphatic carbocycles. The first-order chi connectivity index (χ1) is 41.2. The predicted octanol–water partition coefficient (Wildman–Crippen LogP) is 1.79. The molecule has 4 aromatic carbocycles. The standard InChI is InChI=1S/C13H12N7O2.C13H13N6O2.C13H12N5O3.C13H12N5O2S.4Y/c1-9-4-3-5-11(20-13(21)19(2)17-18-20)10(9)6-22-12-15-7-14-8-16-12;1-9-4-3-5-11(19-13(20)18(2)16-17-19)10(9)8-21-12-6-7-14-15-12;1-9-4-3-5-11(18-13(19)17(2)15-16-18)10(9)8-21-12-14-6-7-20-12;1-9-4-3-5-11(18-13(19)17(2)15-16-18)10(9)8-20-12-14-6-7-21-12;;;;/h3-5,7H,6H2,1-2H3;3-7H,8H2,1-2H3;2*3-5,7H,8H2,1-2H3;;;;/q4*-1;;;;. The van der Waals surface area contributed by atoms with Crippen molar-refractivity contribution in [1.29, 1.82) is 0 Å². The molecular formula is C52H49N23O9SY4-4. The Hall–Kier alpha value is -6.96. The van der Waals surface area contributed by atoms with E-state index >= 15 is 0 Å². The molecule has 12 aromatic rings. The van der Waals surface area contributed by atoms with Gasteiger partial charge in [0.05, 0.1) is 36.0 Å². The minimum absolute atomic E-state index is 0. The van der Waals surface area contributed by atoms with Gasteiger partial charge in [0.25, 0.3) is 0 Å². The van der Waals surface area contributed by atoms with E-state index in [2.05, 4.69) is 95.5 Å². The van der Waals surface area contributed by atoms with Crippen molar-refractivity contribution in [2.75, 3.05) is 0 Å². The summed E-state index contributed by atoms with van der Waals surface area (Å²) in [7, 11) is 6.19. The average molecular weight is 1530 g/mol. The molecule has 0 spiro atoms. The van der Waals surface area contributed by atoms with Crippen LogP contribution in [-0.2, 0) is 185 Å². The number of hydrogen-bond acceptors (Lipinski definition) is 24. The second-order valence-electron chi connectivity index (χ2n) is 17.9. The number of rotatable bonds is 16. The molecule has 0 aliphatic heterocycles. The summed E-state index contributed by atoms with van der Waals surface area (Å²) >= 11 is 1.37. The van der Waals surface area contributed by atoms with Crippen LogP contribution in [0.5, 0.6) is 23.2 Å². The Morgan fingerprint density at radius 3 is 1.25 bits per heavy atom. The molecule has 0 unspecified atom stereocenters. The van der Waals surface area contributed by atoms with Gasteiger partial charge in [-0.3, -0.25) is 0 Å². The van der Waals surface area contributed by atoms with E-state index in [-0.39, 0.29) is 186 Å². The largest absolute Gasteiger partial charge is 0.579 e. The van der Waals surface area contributed by atoms with Crippen molar-refractivity contribution >= 4 is 11.3 Å². The van der Waals surface area contributed by atoms with Crippen LogP contribution in [0.15, 0.2) is 127 Å². The molecule has 0 atom stereocenters. The monoisotopic (exact) mass is 1530 g/mol. The SMILES string of the molecule is Cc1cccc(-n2nnn(C)c2=O)c1COc1cc[n-]n1.Cc1cccc(-n2nnn(C)c2=O)c1COc1n[c-]co1.Cc1cccc(-n2nnn(C)c2=O)c1COc1n[c-]cs1.Cc1cccc(-n2nnn(C)c2=O)c1COc1n[c-]ncn1.[Y].[Y].[Y].[Y]. The minimum atomic E-state index is -0.333. The van der Waals surface area contributed by atoms with Crippen molar-refractivity contribution in [3.05, 3.63) is 208 Å². The molecule has 0 saturated carbocycles. The van der Waals surface area contributed by atoms with Gasteiger partial charge in [0.15, 0.2) is 11.9 Å². The molecule has 0 aliphatic rings. The smallest absolute Gasteiger partial charge is 0.368 e. The van der Waals surface area contributed by atoms with Crippen LogP contribution in [-0.4, -0.2) is 109 Å². The summed E-state index contributed by atoms with van der Waals surface area (Å²) in [6.45, 7) is 8.69. The molecule has 32 nitrogen and oxygen atoms in total. The van der Waals surface area contributed by atoms with Crippen LogP contribution in [0.25, 0.3) is 22.7 Å². The maximum atomic E-state index is 12.0. The summed E-state index contributed by atoms with van der Waals surface area (Å²) in [5.74, 6) is 0.440. The van der Waals surface area contributed by atoms with Crippen molar-refractivity contribution in [3.8, 4) is 45.9 Å². The van der Waals surface area contributed by atoms with E-state index in [1.807, 2.05) is 82.3 Å². The molecule has 0 saturated heterocycles. The second kappa shape index (κ2) is 34.9. The number of benzene rings is 4. The summed E-state index contributed by atoms with van der Waals surface area (Å²) in [5.41, 5.74) is 8.48. The normalized spacial score (nSPS) is 10.2. The molecule has 8 aromatic heterocycles. The maximum absolute atomic E-state index is 12.0. The molecule has 4 radical (unpaired) electrons. The topological polar surface area (TPSA) is 352 Å². The average Bonchev–Trinajstić information content (AvgIpc) is 3.60. The zero-order valence-corrected chi connectivity index (χ0v) is 61.0. The van der Waals surface area contributed by atoms with E-state index in [1.165, 1.54) is 52.0 Å². The van der Waals surface area contributed by atoms with Crippen LogP contribution in [0.4, 0.5) is 0 Å². The van der Waals surface area contributed by atoms with Crippen LogP contribution < -0.4 is 46.8 Å².